The van der Waals surface area contributed by atoms with E-state index in [-0.39, 0.29) is 18.1 Å². The molecule has 56 valence electrons. The Morgan fingerprint density at radius 1 is 1.30 bits per heavy atom. The average molecular weight is 142 g/mol. The Morgan fingerprint density at radius 3 is 2.10 bits per heavy atom. The van der Waals surface area contributed by atoms with Gasteiger partial charge in [0, 0.05) is 0 Å². The van der Waals surface area contributed by atoms with E-state index < -0.39 is 5.97 Å². The number of hydrogen-bond donors (Lipinski definition) is 1. The number of rotatable bonds is 1. The fraction of sp³-hybridized carbons (Fsp3) is 0.857. The van der Waals surface area contributed by atoms with Crippen molar-refractivity contribution in [1.82, 2.24) is 0 Å². The first-order chi connectivity index (χ1) is 4.75. The number of aliphatic carboxylic acids is 1. The third-order valence-corrected chi connectivity index (χ3v) is 2.35. The van der Waals surface area contributed by atoms with Gasteiger partial charge in [-0.15, -0.1) is 0 Å². The van der Waals surface area contributed by atoms with Crippen molar-refractivity contribution in [2.75, 3.05) is 0 Å². The fourth-order valence-electron chi connectivity index (χ4n) is 1.79. The molecule has 10 heavy (non-hydrogen) atoms. The zero-order valence-electron chi connectivity index (χ0n) is 5.62. The minimum Gasteiger partial charge on any atom is -0.481 e. The molecule has 0 aromatic carbocycles. The molecule has 2 heterocycles. The number of carboxylic acids is 1. The van der Waals surface area contributed by atoms with E-state index in [4.69, 9.17) is 9.84 Å². The van der Waals surface area contributed by atoms with Gasteiger partial charge < -0.3 is 9.84 Å². The molecule has 0 amide bonds. The summed E-state index contributed by atoms with van der Waals surface area (Å²) in [6.07, 6.45) is 3.07. The van der Waals surface area contributed by atoms with Gasteiger partial charge in [0.1, 0.15) is 0 Å². The van der Waals surface area contributed by atoms with Crippen LogP contribution in [0.25, 0.3) is 0 Å². The van der Waals surface area contributed by atoms with Crippen molar-refractivity contribution >= 4 is 5.97 Å². The van der Waals surface area contributed by atoms with Crippen LogP contribution in [0.1, 0.15) is 19.3 Å². The number of ether oxygens (including phenoxy) is 1. The van der Waals surface area contributed by atoms with Crippen molar-refractivity contribution in [2.45, 2.75) is 31.5 Å². The van der Waals surface area contributed by atoms with Gasteiger partial charge in [-0.05, 0) is 19.3 Å². The number of fused-ring (bicyclic) bond motifs is 2. The van der Waals surface area contributed by atoms with Crippen molar-refractivity contribution in [3.8, 4) is 0 Å². The lowest BCUT2D eigenvalue weighted by molar-refractivity contribution is -0.185. The van der Waals surface area contributed by atoms with E-state index in [1.165, 1.54) is 0 Å². The topological polar surface area (TPSA) is 46.5 Å². The Labute approximate surface area is 59.0 Å². The van der Waals surface area contributed by atoms with E-state index in [1.807, 2.05) is 0 Å². The van der Waals surface area contributed by atoms with Gasteiger partial charge >= 0.3 is 5.97 Å². The summed E-state index contributed by atoms with van der Waals surface area (Å²) in [7, 11) is 0. The van der Waals surface area contributed by atoms with Gasteiger partial charge in [-0.3, -0.25) is 4.79 Å². The molecule has 0 aromatic heterocycles. The first kappa shape index (κ1) is 6.16. The van der Waals surface area contributed by atoms with Crippen LogP contribution in [0.3, 0.4) is 0 Å². The Hall–Kier alpha value is -0.570. The van der Waals surface area contributed by atoms with Gasteiger partial charge in [0.25, 0.3) is 0 Å². The quantitative estimate of drug-likeness (QED) is 0.584. The van der Waals surface area contributed by atoms with Crippen molar-refractivity contribution in [2.24, 2.45) is 5.92 Å². The van der Waals surface area contributed by atoms with E-state index in [0.29, 0.717) is 0 Å². The lowest BCUT2D eigenvalue weighted by Gasteiger charge is -2.43. The second-order valence-electron chi connectivity index (χ2n) is 3.12. The fourth-order valence-corrected chi connectivity index (χ4v) is 1.79. The summed E-state index contributed by atoms with van der Waals surface area (Å²) in [5.74, 6) is -0.782. The normalized spacial score (nSPS) is 44.2. The van der Waals surface area contributed by atoms with Crippen LogP contribution >= 0.6 is 0 Å². The van der Waals surface area contributed by atoms with Gasteiger partial charge in [0.2, 0.25) is 0 Å². The minimum absolute atomic E-state index is 0.127. The van der Waals surface area contributed by atoms with Crippen LogP contribution in [0.4, 0.5) is 0 Å². The predicted octanol–water partition coefficient (Wildman–Crippen LogP) is 0.639. The molecule has 0 spiro atoms. The summed E-state index contributed by atoms with van der Waals surface area (Å²) in [6, 6.07) is 0. The van der Waals surface area contributed by atoms with Crippen molar-refractivity contribution in [3.63, 3.8) is 0 Å². The van der Waals surface area contributed by atoms with Crippen LogP contribution in [0.2, 0.25) is 0 Å². The highest BCUT2D eigenvalue weighted by Gasteiger charge is 2.41. The highest BCUT2D eigenvalue weighted by atomic mass is 16.5. The first-order valence-corrected chi connectivity index (χ1v) is 3.64. The van der Waals surface area contributed by atoms with Crippen LogP contribution in [-0.4, -0.2) is 23.3 Å². The molecule has 2 atom stereocenters. The van der Waals surface area contributed by atoms with E-state index >= 15 is 0 Å². The van der Waals surface area contributed by atoms with E-state index in [2.05, 4.69) is 0 Å². The van der Waals surface area contributed by atoms with Crippen LogP contribution in [0.5, 0.6) is 0 Å². The second-order valence-corrected chi connectivity index (χ2v) is 3.12. The Kier molecular flexibility index (Phi) is 1.20. The molecule has 3 fully saturated rings. The molecular formula is C7H10O3. The smallest absolute Gasteiger partial charge is 0.306 e. The molecule has 1 N–H and O–H groups in total. The Balaban J connectivity index is 1.97. The van der Waals surface area contributed by atoms with Gasteiger partial charge in [-0.25, -0.2) is 0 Å². The highest BCUT2D eigenvalue weighted by molar-refractivity contribution is 5.70. The van der Waals surface area contributed by atoms with Crippen molar-refractivity contribution < 1.29 is 14.6 Å². The average Bonchev–Trinajstić information content (AvgIpc) is 1.86. The van der Waals surface area contributed by atoms with Crippen molar-refractivity contribution in [1.29, 1.82) is 0 Å². The maximum absolute atomic E-state index is 10.5. The molecule has 3 aliphatic rings. The monoisotopic (exact) mass is 142 g/mol. The minimum atomic E-state index is -0.655. The SMILES string of the molecule is O=C(O)C1CC2CC(C1)O2. The standard InChI is InChI=1S/C7H10O3/c8-7(9)4-1-5-3-6(2-4)10-5/h4-6H,1-3H2,(H,8,9). The molecule has 0 aromatic rings. The van der Waals surface area contributed by atoms with Gasteiger partial charge in [-0.1, -0.05) is 0 Å². The lowest BCUT2D eigenvalue weighted by Crippen LogP contribution is -2.47. The highest BCUT2D eigenvalue weighted by Crippen LogP contribution is 2.38. The summed E-state index contributed by atoms with van der Waals surface area (Å²) in [6.45, 7) is 0. The maximum atomic E-state index is 10.5. The summed E-state index contributed by atoms with van der Waals surface area (Å²) in [4.78, 5) is 10.5. The Bertz CT molecular complexity index is 150. The summed E-state index contributed by atoms with van der Waals surface area (Å²) in [5, 5.41) is 8.62. The summed E-state index contributed by atoms with van der Waals surface area (Å²) < 4.78 is 5.29. The zero-order valence-corrected chi connectivity index (χ0v) is 5.62. The molecule has 1 saturated carbocycles. The van der Waals surface area contributed by atoms with Crippen molar-refractivity contribution in [3.05, 3.63) is 0 Å². The number of carbonyl (C=O) groups is 1. The van der Waals surface area contributed by atoms with E-state index in [0.717, 1.165) is 19.3 Å². The summed E-state index contributed by atoms with van der Waals surface area (Å²) in [5.41, 5.74) is 0. The van der Waals surface area contributed by atoms with E-state index in [9.17, 15) is 4.79 Å². The molecule has 3 nitrogen and oxygen atoms in total. The molecule has 2 bridgehead atoms. The lowest BCUT2D eigenvalue weighted by atomic mass is 9.81. The third-order valence-electron chi connectivity index (χ3n) is 2.35. The van der Waals surface area contributed by atoms with Crippen LogP contribution in [0.15, 0.2) is 0 Å². The Morgan fingerprint density at radius 2 is 1.80 bits per heavy atom. The molecule has 3 heteroatoms. The van der Waals surface area contributed by atoms with Gasteiger partial charge in [-0.2, -0.15) is 0 Å². The largest absolute Gasteiger partial charge is 0.481 e. The molecule has 2 saturated heterocycles. The number of hydrogen-bond acceptors (Lipinski definition) is 2. The third kappa shape index (κ3) is 0.814. The predicted molar refractivity (Wildman–Crippen MR) is 33.6 cm³/mol. The molecular weight excluding hydrogens is 132 g/mol. The van der Waals surface area contributed by atoms with Crippen LogP contribution in [-0.2, 0) is 9.53 Å². The second kappa shape index (κ2) is 1.95. The maximum Gasteiger partial charge on any atom is 0.306 e. The van der Waals surface area contributed by atoms with Gasteiger partial charge in [0.05, 0.1) is 18.1 Å². The molecule has 0 radical (unpaired) electrons. The molecule has 2 aliphatic heterocycles. The van der Waals surface area contributed by atoms with E-state index in [1.54, 1.807) is 0 Å². The van der Waals surface area contributed by atoms with Crippen LogP contribution < -0.4 is 0 Å². The number of carboxylic acid groups (broad SMARTS) is 1. The zero-order chi connectivity index (χ0) is 7.14. The first-order valence-electron chi connectivity index (χ1n) is 3.64. The molecule has 2 unspecified atom stereocenters. The summed E-state index contributed by atoms with van der Waals surface area (Å²) >= 11 is 0. The molecule has 1 aliphatic carbocycles. The molecule has 3 rings (SSSR count). The van der Waals surface area contributed by atoms with Crippen LogP contribution in [0, 0.1) is 5.92 Å². The van der Waals surface area contributed by atoms with Gasteiger partial charge in [0.15, 0.2) is 0 Å².